The molecule has 84 valence electrons. The van der Waals surface area contributed by atoms with E-state index in [1.54, 1.807) is 0 Å². The first kappa shape index (κ1) is 9.88. The van der Waals surface area contributed by atoms with Gasteiger partial charge in [0.25, 0.3) is 0 Å². The summed E-state index contributed by atoms with van der Waals surface area (Å²) in [4.78, 5) is 11.2. The molecule has 1 N–H and O–H groups in total. The number of nitrogens with one attached hydrogen (secondary N) is 1. The van der Waals surface area contributed by atoms with Crippen LogP contribution in [0.25, 0.3) is 0 Å². The predicted octanol–water partition coefficient (Wildman–Crippen LogP) is 2.34. The van der Waals surface area contributed by atoms with Gasteiger partial charge in [0.05, 0.1) is 6.04 Å². The lowest BCUT2D eigenvalue weighted by Gasteiger charge is -2.27. The summed E-state index contributed by atoms with van der Waals surface area (Å²) in [7, 11) is 0. The van der Waals surface area contributed by atoms with Crippen molar-refractivity contribution in [1.29, 1.82) is 0 Å². The van der Waals surface area contributed by atoms with Crippen LogP contribution in [0.5, 0.6) is 0 Å². The van der Waals surface area contributed by atoms with Gasteiger partial charge in [0, 0.05) is 18.8 Å². The first-order valence-corrected chi connectivity index (χ1v) is 6.17. The Balaban J connectivity index is 1.74. The number of fused-ring (bicyclic) bond motifs is 1. The molecular formula is C14H17NO. The summed E-state index contributed by atoms with van der Waals surface area (Å²) in [5, 5.41) is 3.43. The molecule has 0 spiro atoms. The average molecular weight is 215 g/mol. The third-order valence-corrected chi connectivity index (χ3v) is 3.98. The minimum Gasteiger partial charge on any atom is -0.384 e. The summed E-state index contributed by atoms with van der Waals surface area (Å²) in [5.74, 6) is 1.60. The number of rotatable bonds is 1. The Labute approximate surface area is 96.1 Å². The van der Waals surface area contributed by atoms with Gasteiger partial charge in [-0.1, -0.05) is 24.3 Å². The Morgan fingerprint density at radius 1 is 1.12 bits per heavy atom. The van der Waals surface area contributed by atoms with Crippen LogP contribution in [0, 0.1) is 11.8 Å². The molecule has 2 atom stereocenters. The van der Waals surface area contributed by atoms with Crippen molar-refractivity contribution in [2.75, 3.05) is 0 Å². The predicted molar refractivity (Wildman–Crippen MR) is 63.7 cm³/mol. The standard InChI is InChI=1S/C14H17NO/c16-11-7-5-10(6-8-11)13-9-15-14-4-2-1-3-12(13)14/h1-4,9-10,12,14-15H,5-8H2. The first-order chi connectivity index (χ1) is 7.84. The van der Waals surface area contributed by atoms with Crippen LogP contribution < -0.4 is 5.32 Å². The largest absolute Gasteiger partial charge is 0.384 e. The first-order valence-electron chi connectivity index (χ1n) is 6.17. The van der Waals surface area contributed by atoms with Crippen LogP contribution in [-0.4, -0.2) is 11.8 Å². The van der Waals surface area contributed by atoms with Crippen LogP contribution in [0.4, 0.5) is 0 Å². The highest BCUT2D eigenvalue weighted by Gasteiger charge is 2.33. The fourth-order valence-electron chi connectivity index (χ4n) is 3.04. The molecule has 0 aromatic rings. The molecule has 0 aromatic heterocycles. The molecule has 2 heteroatoms. The monoisotopic (exact) mass is 215 g/mol. The summed E-state index contributed by atoms with van der Waals surface area (Å²) in [5.41, 5.74) is 1.51. The minimum absolute atomic E-state index is 0.443. The van der Waals surface area contributed by atoms with Gasteiger partial charge in [0.15, 0.2) is 0 Å². The van der Waals surface area contributed by atoms with Crippen LogP contribution in [-0.2, 0) is 4.79 Å². The molecule has 2 nitrogen and oxygen atoms in total. The second-order valence-corrected chi connectivity index (χ2v) is 4.95. The van der Waals surface area contributed by atoms with Crippen molar-refractivity contribution < 1.29 is 4.79 Å². The Kier molecular flexibility index (Phi) is 2.43. The maximum Gasteiger partial charge on any atom is 0.132 e. The van der Waals surface area contributed by atoms with E-state index in [-0.39, 0.29) is 0 Å². The maximum absolute atomic E-state index is 11.2. The van der Waals surface area contributed by atoms with Crippen molar-refractivity contribution in [2.45, 2.75) is 31.7 Å². The lowest BCUT2D eigenvalue weighted by molar-refractivity contribution is -0.120. The number of hydrogen-bond donors (Lipinski definition) is 1. The smallest absolute Gasteiger partial charge is 0.132 e. The van der Waals surface area contributed by atoms with Crippen molar-refractivity contribution in [1.82, 2.24) is 5.32 Å². The summed E-state index contributed by atoms with van der Waals surface area (Å²) in [6, 6.07) is 0.456. The topological polar surface area (TPSA) is 29.1 Å². The molecule has 3 aliphatic rings. The van der Waals surface area contributed by atoms with E-state index in [0.717, 1.165) is 25.7 Å². The van der Waals surface area contributed by atoms with Gasteiger partial charge >= 0.3 is 0 Å². The number of hydrogen-bond acceptors (Lipinski definition) is 2. The van der Waals surface area contributed by atoms with Crippen LogP contribution >= 0.6 is 0 Å². The average Bonchev–Trinajstić information content (AvgIpc) is 2.74. The minimum atomic E-state index is 0.443. The van der Waals surface area contributed by atoms with Crippen molar-refractivity contribution in [3.8, 4) is 0 Å². The van der Waals surface area contributed by atoms with Crippen molar-refractivity contribution in [3.05, 3.63) is 36.1 Å². The van der Waals surface area contributed by atoms with Crippen molar-refractivity contribution in [3.63, 3.8) is 0 Å². The van der Waals surface area contributed by atoms with Gasteiger partial charge < -0.3 is 5.32 Å². The fraction of sp³-hybridized carbons (Fsp3) is 0.500. The molecule has 0 radical (unpaired) electrons. The van der Waals surface area contributed by atoms with Gasteiger partial charge in [-0.2, -0.15) is 0 Å². The third kappa shape index (κ3) is 1.62. The molecule has 2 unspecified atom stereocenters. The van der Waals surface area contributed by atoms with E-state index >= 15 is 0 Å². The summed E-state index contributed by atoms with van der Waals surface area (Å²) in [6.45, 7) is 0. The SMILES string of the molecule is O=C1CCC(C2=CNC3C=CC=CC23)CC1. The third-order valence-electron chi connectivity index (χ3n) is 3.98. The van der Waals surface area contributed by atoms with Gasteiger partial charge in [-0.15, -0.1) is 0 Å². The molecule has 1 saturated carbocycles. The highest BCUT2D eigenvalue weighted by atomic mass is 16.1. The van der Waals surface area contributed by atoms with Crippen LogP contribution in [0.1, 0.15) is 25.7 Å². The van der Waals surface area contributed by atoms with E-state index in [1.165, 1.54) is 5.57 Å². The van der Waals surface area contributed by atoms with Crippen molar-refractivity contribution >= 4 is 5.78 Å². The van der Waals surface area contributed by atoms with Gasteiger partial charge in [-0.3, -0.25) is 4.79 Å². The lowest BCUT2D eigenvalue weighted by atomic mass is 9.77. The van der Waals surface area contributed by atoms with Gasteiger partial charge in [0.1, 0.15) is 5.78 Å². The molecule has 1 heterocycles. The van der Waals surface area contributed by atoms with E-state index in [1.807, 2.05) is 0 Å². The Hall–Kier alpha value is -1.31. The zero-order valence-corrected chi connectivity index (χ0v) is 9.36. The highest BCUT2D eigenvalue weighted by Crippen LogP contribution is 2.37. The molecule has 0 saturated heterocycles. The number of carbonyl (C=O) groups excluding carboxylic acids is 1. The summed E-state index contributed by atoms with van der Waals surface area (Å²) in [6.07, 6.45) is 14.6. The summed E-state index contributed by atoms with van der Waals surface area (Å²) < 4.78 is 0. The molecule has 16 heavy (non-hydrogen) atoms. The highest BCUT2D eigenvalue weighted by molar-refractivity contribution is 5.79. The van der Waals surface area contributed by atoms with Crippen molar-refractivity contribution in [2.24, 2.45) is 11.8 Å². The van der Waals surface area contributed by atoms with Gasteiger partial charge in [0.2, 0.25) is 0 Å². The van der Waals surface area contributed by atoms with E-state index < -0.39 is 0 Å². The number of allylic oxidation sites excluding steroid dienone is 2. The van der Waals surface area contributed by atoms with Crippen LogP contribution in [0.3, 0.4) is 0 Å². The van der Waals surface area contributed by atoms with Crippen LogP contribution in [0.2, 0.25) is 0 Å². The number of ketones is 1. The van der Waals surface area contributed by atoms with Crippen LogP contribution in [0.15, 0.2) is 36.1 Å². The van der Waals surface area contributed by atoms with E-state index in [2.05, 4.69) is 35.8 Å². The second-order valence-electron chi connectivity index (χ2n) is 4.95. The molecular weight excluding hydrogens is 198 g/mol. The zero-order chi connectivity index (χ0) is 11.0. The quantitative estimate of drug-likeness (QED) is 0.727. The van der Waals surface area contributed by atoms with E-state index in [9.17, 15) is 4.79 Å². The maximum atomic E-state index is 11.2. The number of carbonyl (C=O) groups is 1. The zero-order valence-electron chi connectivity index (χ0n) is 9.36. The Bertz CT molecular complexity index is 382. The molecule has 0 amide bonds. The molecule has 3 rings (SSSR count). The molecule has 0 bridgehead atoms. The number of Topliss-reactive ketones (excluding diaryl/α,β-unsaturated/α-hetero) is 1. The molecule has 2 aliphatic carbocycles. The Morgan fingerprint density at radius 3 is 2.69 bits per heavy atom. The summed E-state index contributed by atoms with van der Waals surface area (Å²) >= 11 is 0. The van der Waals surface area contributed by atoms with Gasteiger partial charge in [-0.25, -0.2) is 0 Å². The van der Waals surface area contributed by atoms with Gasteiger partial charge in [-0.05, 0) is 30.5 Å². The van der Waals surface area contributed by atoms with E-state index in [0.29, 0.717) is 23.7 Å². The Morgan fingerprint density at radius 2 is 1.88 bits per heavy atom. The molecule has 1 fully saturated rings. The normalized spacial score (nSPS) is 33.5. The second kappa shape index (κ2) is 3.93. The lowest BCUT2D eigenvalue weighted by Crippen LogP contribution is -2.27. The fourth-order valence-corrected chi connectivity index (χ4v) is 3.04. The molecule has 0 aromatic carbocycles. The molecule has 1 aliphatic heterocycles. The van der Waals surface area contributed by atoms with E-state index in [4.69, 9.17) is 0 Å².